The van der Waals surface area contributed by atoms with Crippen molar-refractivity contribution in [2.24, 2.45) is 0 Å². The first-order chi connectivity index (χ1) is 7.09. The third-order valence-electron chi connectivity index (χ3n) is 2.25. The molecule has 2 rings (SSSR count). The molecule has 15 heavy (non-hydrogen) atoms. The maximum absolute atomic E-state index is 9.61. The monoisotopic (exact) mass is 204 g/mol. The van der Waals surface area contributed by atoms with Crippen LogP contribution < -0.4 is 0 Å². The molecule has 0 saturated heterocycles. The van der Waals surface area contributed by atoms with Crippen LogP contribution in [-0.4, -0.2) is 25.1 Å². The fourth-order valence-electron chi connectivity index (χ4n) is 1.36. The average Bonchev–Trinajstić information content (AvgIpc) is 2.47. The third kappa shape index (κ3) is 1.56. The second kappa shape index (κ2) is 3.34. The largest absolute Gasteiger partial charge is 0.504 e. The Kier molecular flexibility index (Phi) is 2.15. The topological polar surface area (TPSA) is 63.8 Å². The predicted molar refractivity (Wildman–Crippen MR) is 55.0 cm³/mol. The molecule has 0 aromatic carbocycles. The molecule has 0 aliphatic carbocycles. The van der Waals surface area contributed by atoms with Gasteiger partial charge in [0.05, 0.1) is 11.4 Å². The van der Waals surface area contributed by atoms with Crippen molar-refractivity contribution >= 4 is 0 Å². The number of hydrogen-bond acceptors (Lipinski definition) is 4. The number of rotatable bonds is 1. The van der Waals surface area contributed by atoms with Gasteiger partial charge in [-0.25, -0.2) is 4.68 Å². The lowest BCUT2D eigenvalue weighted by molar-refractivity contribution is 0.466. The molecule has 78 valence electrons. The van der Waals surface area contributed by atoms with Crippen LogP contribution in [0, 0.1) is 20.8 Å². The number of aromatic hydroxyl groups is 1. The van der Waals surface area contributed by atoms with Gasteiger partial charge in [-0.3, -0.25) is 0 Å². The first-order valence-electron chi connectivity index (χ1n) is 4.65. The molecule has 0 aliphatic rings. The lowest BCUT2D eigenvalue weighted by atomic mass is 10.3. The summed E-state index contributed by atoms with van der Waals surface area (Å²) in [6.45, 7) is 5.41. The van der Waals surface area contributed by atoms with Gasteiger partial charge in [0.15, 0.2) is 11.6 Å². The third-order valence-corrected chi connectivity index (χ3v) is 2.25. The fourth-order valence-corrected chi connectivity index (χ4v) is 1.36. The minimum atomic E-state index is 0.206. The van der Waals surface area contributed by atoms with Crippen LogP contribution in [-0.2, 0) is 0 Å². The van der Waals surface area contributed by atoms with Gasteiger partial charge in [0, 0.05) is 0 Å². The van der Waals surface area contributed by atoms with Gasteiger partial charge in [0.2, 0.25) is 0 Å². The molecule has 2 aromatic heterocycles. The van der Waals surface area contributed by atoms with E-state index in [0.717, 1.165) is 5.69 Å². The Labute approximate surface area is 87.4 Å². The van der Waals surface area contributed by atoms with Crippen molar-refractivity contribution in [3.8, 4) is 11.6 Å². The van der Waals surface area contributed by atoms with E-state index < -0.39 is 0 Å². The van der Waals surface area contributed by atoms with Crippen LogP contribution in [0.2, 0.25) is 0 Å². The molecule has 0 saturated carbocycles. The lowest BCUT2D eigenvalue weighted by Crippen LogP contribution is -2.03. The van der Waals surface area contributed by atoms with Gasteiger partial charge >= 0.3 is 0 Å². The summed E-state index contributed by atoms with van der Waals surface area (Å²) in [5.74, 6) is 0.818. The van der Waals surface area contributed by atoms with Crippen molar-refractivity contribution in [1.29, 1.82) is 0 Å². The van der Waals surface area contributed by atoms with Crippen molar-refractivity contribution < 1.29 is 5.11 Å². The minimum Gasteiger partial charge on any atom is -0.504 e. The minimum absolute atomic E-state index is 0.206. The lowest BCUT2D eigenvalue weighted by Gasteiger charge is -2.01. The molecule has 0 amide bonds. The molecule has 1 N–H and O–H groups in total. The summed E-state index contributed by atoms with van der Waals surface area (Å²) in [5.41, 5.74) is 2.12. The molecular formula is C10H12N4O. The Bertz CT molecular complexity index is 487. The van der Waals surface area contributed by atoms with E-state index in [1.54, 1.807) is 18.5 Å². The number of hydrogen-bond donors (Lipinski definition) is 1. The summed E-state index contributed by atoms with van der Waals surface area (Å²) in [6.07, 6.45) is 0. The zero-order chi connectivity index (χ0) is 11.0. The van der Waals surface area contributed by atoms with E-state index in [1.807, 2.05) is 19.1 Å². The van der Waals surface area contributed by atoms with E-state index in [1.165, 1.54) is 0 Å². The summed E-state index contributed by atoms with van der Waals surface area (Å²) in [7, 11) is 0. The standard InChI is InChI=1S/C10H12N4O/c1-6-4-5-9(12-11-6)14-8(3)10(15)7(2)13-14/h4-5,15H,1-3H3. The summed E-state index contributed by atoms with van der Waals surface area (Å²) < 4.78 is 1.58. The second-order valence-electron chi connectivity index (χ2n) is 3.46. The van der Waals surface area contributed by atoms with E-state index in [4.69, 9.17) is 0 Å². The molecule has 5 nitrogen and oxygen atoms in total. The zero-order valence-corrected chi connectivity index (χ0v) is 8.89. The summed E-state index contributed by atoms with van der Waals surface area (Å²) in [6, 6.07) is 3.68. The highest BCUT2D eigenvalue weighted by Crippen LogP contribution is 2.21. The highest BCUT2D eigenvalue weighted by atomic mass is 16.3. The summed E-state index contributed by atoms with van der Waals surface area (Å²) in [4.78, 5) is 0. The first-order valence-corrected chi connectivity index (χ1v) is 4.65. The quantitative estimate of drug-likeness (QED) is 0.760. The second-order valence-corrected chi connectivity index (χ2v) is 3.46. The molecule has 5 heteroatoms. The van der Waals surface area contributed by atoms with Gasteiger partial charge in [-0.2, -0.15) is 10.2 Å². The Morgan fingerprint density at radius 1 is 1.13 bits per heavy atom. The Morgan fingerprint density at radius 3 is 2.33 bits per heavy atom. The van der Waals surface area contributed by atoms with Gasteiger partial charge in [0.25, 0.3) is 0 Å². The maximum Gasteiger partial charge on any atom is 0.176 e. The van der Waals surface area contributed by atoms with Crippen LogP contribution in [0.3, 0.4) is 0 Å². The van der Waals surface area contributed by atoms with Crippen molar-refractivity contribution in [2.75, 3.05) is 0 Å². The molecule has 0 unspecified atom stereocenters. The van der Waals surface area contributed by atoms with Crippen molar-refractivity contribution in [1.82, 2.24) is 20.0 Å². The molecule has 0 aliphatic heterocycles. The van der Waals surface area contributed by atoms with Gasteiger partial charge in [0.1, 0.15) is 5.69 Å². The molecule has 2 aromatic rings. The van der Waals surface area contributed by atoms with Gasteiger partial charge in [-0.15, -0.1) is 5.10 Å². The van der Waals surface area contributed by atoms with Crippen LogP contribution in [0.4, 0.5) is 0 Å². The molecule has 0 fully saturated rings. The number of aryl methyl sites for hydroxylation is 2. The predicted octanol–water partition coefficient (Wildman–Crippen LogP) is 1.29. The average molecular weight is 204 g/mol. The van der Waals surface area contributed by atoms with E-state index in [2.05, 4.69) is 15.3 Å². The Morgan fingerprint density at radius 2 is 1.87 bits per heavy atom. The molecular weight excluding hydrogens is 192 g/mol. The highest BCUT2D eigenvalue weighted by Gasteiger charge is 2.11. The summed E-state index contributed by atoms with van der Waals surface area (Å²) in [5, 5.41) is 21.7. The zero-order valence-electron chi connectivity index (χ0n) is 8.89. The number of nitrogens with zero attached hydrogens (tertiary/aromatic N) is 4. The van der Waals surface area contributed by atoms with Crippen LogP contribution >= 0.6 is 0 Å². The smallest absolute Gasteiger partial charge is 0.176 e. The van der Waals surface area contributed by atoms with Crippen LogP contribution in [0.25, 0.3) is 5.82 Å². The highest BCUT2D eigenvalue weighted by molar-refractivity contribution is 5.35. The molecule has 0 bridgehead atoms. The maximum atomic E-state index is 9.61. The molecule has 0 atom stereocenters. The van der Waals surface area contributed by atoms with Crippen molar-refractivity contribution in [3.05, 3.63) is 29.2 Å². The van der Waals surface area contributed by atoms with Crippen molar-refractivity contribution in [2.45, 2.75) is 20.8 Å². The fraction of sp³-hybridized carbons (Fsp3) is 0.300. The van der Waals surface area contributed by atoms with Crippen LogP contribution in [0.15, 0.2) is 12.1 Å². The van der Waals surface area contributed by atoms with E-state index in [9.17, 15) is 5.11 Å². The van der Waals surface area contributed by atoms with Crippen LogP contribution in [0.5, 0.6) is 5.75 Å². The molecule has 2 heterocycles. The van der Waals surface area contributed by atoms with E-state index in [0.29, 0.717) is 17.2 Å². The van der Waals surface area contributed by atoms with E-state index >= 15 is 0 Å². The molecule has 0 spiro atoms. The SMILES string of the molecule is Cc1ccc(-n2nc(C)c(O)c2C)nn1. The van der Waals surface area contributed by atoms with Gasteiger partial charge in [-0.05, 0) is 32.9 Å². The Hall–Kier alpha value is -1.91. The van der Waals surface area contributed by atoms with Gasteiger partial charge < -0.3 is 5.11 Å². The van der Waals surface area contributed by atoms with Crippen LogP contribution in [0.1, 0.15) is 17.1 Å². The Balaban J connectivity index is 2.54. The normalized spacial score (nSPS) is 10.6. The van der Waals surface area contributed by atoms with E-state index in [-0.39, 0.29) is 5.75 Å². The molecule has 0 radical (unpaired) electrons. The van der Waals surface area contributed by atoms with Crippen molar-refractivity contribution in [3.63, 3.8) is 0 Å². The van der Waals surface area contributed by atoms with Gasteiger partial charge in [-0.1, -0.05) is 0 Å². The summed E-state index contributed by atoms with van der Waals surface area (Å²) >= 11 is 0. The number of aromatic nitrogens is 4. The first kappa shape index (κ1) is 9.64.